The smallest absolute Gasteiger partial charge is 0.122 e. The summed E-state index contributed by atoms with van der Waals surface area (Å²) in [7, 11) is 0. The van der Waals surface area contributed by atoms with E-state index in [1.54, 1.807) is 0 Å². The van der Waals surface area contributed by atoms with Gasteiger partial charge in [0.2, 0.25) is 0 Å². The quantitative estimate of drug-likeness (QED) is 0.918. The van der Waals surface area contributed by atoms with Gasteiger partial charge < -0.3 is 10.1 Å². The maximum atomic E-state index is 5.74. The summed E-state index contributed by atoms with van der Waals surface area (Å²) in [5, 5.41) is 7.52. The first-order valence-electron chi connectivity index (χ1n) is 7.11. The molecule has 3 rings (SSSR count). The number of ether oxygens (including phenoxy) is 1. The minimum Gasteiger partial charge on any atom is -0.493 e. The van der Waals surface area contributed by atoms with Gasteiger partial charge in [-0.2, -0.15) is 0 Å². The van der Waals surface area contributed by atoms with Crippen LogP contribution in [0.5, 0.6) is 5.75 Å². The maximum absolute atomic E-state index is 5.74. The zero-order chi connectivity index (χ0) is 13.8. The van der Waals surface area contributed by atoms with Crippen molar-refractivity contribution in [1.29, 1.82) is 0 Å². The van der Waals surface area contributed by atoms with Crippen LogP contribution in [-0.4, -0.2) is 22.7 Å². The average molecular weight is 289 g/mol. The number of benzene rings is 1. The second-order valence-electron chi connectivity index (χ2n) is 5.04. The Kier molecular flexibility index (Phi) is 4.28. The van der Waals surface area contributed by atoms with E-state index in [2.05, 4.69) is 40.0 Å². The van der Waals surface area contributed by atoms with Crippen molar-refractivity contribution in [3.05, 3.63) is 40.9 Å². The van der Waals surface area contributed by atoms with E-state index in [9.17, 15) is 0 Å². The molecule has 1 N–H and O–H groups in total. The lowest BCUT2D eigenvalue weighted by atomic mass is 9.87. The van der Waals surface area contributed by atoms with Crippen molar-refractivity contribution in [1.82, 2.24) is 14.9 Å². The molecule has 0 bridgehead atoms. The molecule has 0 saturated heterocycles. The molecular weight excluding hydrogens is 270 g/mol. The van der Waals surface area contributed by atoms with Gasteiger partial charge in [0, 0.05) is 6.04 Å². The number of para-hydroxylation sites is 1. The molecule has 1 aliphatic rings. The molecule has 0 radical (unpaired) electrons. The molecule has 1 aromatic carbocycles. The van der Waals surface area contributed by atoms with Crippen molar-refractivity contribution in [3.8, 4) is 5.75 Å². The van der Waals surface area contributed by atoms with Crippen LogP contribution in [0.15, 0.2) is 30.5 Å². The van der Waals surface area contributed by atoms with Gasteiger partial charge in [0.15, 0.2) is 0 Å². The number of hydrogen-bond donors (Lipinski definition) is 1. The van der Waals surface area contributed by atoms with Crippen LogP contribution in [0.2, 0.25) is 0 Å². The Labute approximate surface area is 123 Å². The molecule has 5 heteroatoms. The topological polar surface area (TPSA) is 47.0 Å². The van der Waals surface area contributed by atoms with Gasteiger partial charge in [-0.15, -0.1) is 5.10 Å². The predicted octanol–water partition coefficient (Wildman–Crippen LogP) is 3.15. The summed E-state index contributed by atoms with van der Waals surface area (Å²) in [6.45, 7) is 3.90. The molecule has 20 heavy (non-hydrogen) atoms. The molecule has 1 aromatic heterocycles. The Balaban J connectivity index is 1.79. The molecule has 2 heterocycles. The fourth-order valence-electron chi connectivity index (χ4n) is 2.82. The SMILES string of the molecule is CCNC(CC1CCOc2ccccc21)c1cnns1. The molecule has 0 aliphatic carbocycles. The van der Waals surface area contributed by atoms with Crippen LogP contribution in [0, 0.1) is 0 Å². The summed E-state index contributed by atoms with van der Waals surface area (Å²) < 4.78 is 9.73. The fourth-order valence-corrected chi connectivity index (χ4v) is 3.41. The van der Waals surface area contributed by atoms with E-state index in [1.807, 2.05) is 12.3 Å². The molecule has 4 nitrogen and oxygen atoms in total. The highest BCUT2D eigenvalue weighted by atomic mass is 32.1. The zero-order valence-corrected chi connectivity index (χ0v) is 12.4. The van der Waals surface area contributed by atoms with Crippen molar-refractivity contribution in [2.45, 2.75) is 31.7 Å². The predicted molar refractivity (Wildman–Crippen MR) is 80.2 cm³/mol. The van der Waals surface area contributed by atoms with E-state index in [-0.39, 0.29) is 0 Å². The third-order valence-corrected chi connectivity index (χ3v) is 4.55. The van der Waals surface area contributed by atoms with Crippen LogP contribution < -0.4 is 10.1 Å². The molecule has 0 spiro atoms. The standard InChI is InChI=1S/C15H19N3OS/c1-2-16-13(15-10-17-18-20-15)9-11-7-8-19-14-6-4-3-5-12(11)14/h3-6,10-11,13,16H,2,7-9H2,1H3. The number of aromatic nitrogens is 2. The first-order chi connectivity index (χ1) is 9.88. The van der Waals surface area contributed by atoms with Gasteiger partial charge in [-0.25, -0.2) is 0 Å². The van der Waals surface area contributed by atoms with Gasteiger partial charge in [0.25, 0.3) is 0 Å². The number of nitrogens with zero attached hydrogens (tertiary/aromatic N) is 2. The summed E-state index contributed by atoms with van der Waals surface area (Å²) in [5.74, 6) is 1.58. The lowest BCUT2D eigenvalue weighted by Crippen LogP contribution is -2.24. The van der Waals surface area contributed by atoms with Crippen molar-refractivity contribution >= 4 is 11.5 Å². The second kappa shape index (κ2) is 6.33. The fraction of sp³-hybridized carbons (Fsp3) is 0.467. The van der Waals surface area contributed by atoms with E-state index < -0.39 is 0 Å². The summed E-state index contributed by atoms with van der Waals surface area (Å²) in [4.78, 5) is 1.22. The van der Waals surface area contributed by atoms with E-state index in [4.69, 9.17) is 4.74 Å². The lowest BCUT2D eigenvalue weighted by Gasteiger charge is -2.28. The van der Waals surface area contributed by atoms with Crippen molar-refractivity contribution < 1.29 is 4.74 Å². The summed E-state index contributed by atoms with van der Waals surface area (Å²) in [5.41, 5.74) is 1.33. The molecule has 0 fully saturated rings. The Morgan fingerprint density at radius 2 is 2.35 bits per heavy atom. The highest BCUT2D eigenvalue weighted by Crippen LogP contribution is 2.39. The van der Waals surface area contributed by atoms with Crippen molar-refractivity contribution in [2.24, 2.45) is 0 Å². The van der Waals surface area contributed by atoms with Gasteiger partial charge >= 0.3 is 0 Å². The summed E-state index contributed by atoms with van der Waals surface area (Å²) >= 11 is 1.49. The van der Waals surface area contributed by atoms with Gasteiger partial charge in [-0.3, -0.25) is 0 Å². The van der Waals surface area contributed by atoms with Crippen LogP contribution in [-0.2, 0) is 0 Å². The molecule has 1 aliphatic heterocycles. The molecule has 2 unspecified atom stereocenters. The van der Waals surface area contributed by atoms with Crippen LogP contribution in [0.4, 0.5) is 0 Å². The molecule has 0 amide bonds. The molecular formula is C15H19N3OS. The van der Waals surface area contributed by atoms with Crippen LogP contribution in [0.25, 0.3) is 0 Å². The van der Waals surface area contributed by atoms with Gasteiger partial charge in [0.1, 0.15) is 5.75 Å². The Morgan fingerprint density at radius 3 is 3.15 bits per heavy atom. The Morgan fingerprint density at radius 1 is 1.45 bits per heavy atom. The lowest BCUT2D eigenvalue weighted by molar-refractivity contribution is 0.256. The molecule has 2 atom stereocenters. The second-order valence-corrected chi connectivity index (χ2v) is 5.86. The minimum absolute atomic E-state index is 0.330. The number of rotatable bonds is 5. The Bertz CT molecular complexity index is 544. The molecule has 0 saturated carbocycles. The monoisotopic (exact) mass is 289 g/mol. The van der Waals surface area contributed by atoms with Crippen molar-refractivity contribution in [2.75, 3.05) is 13.2 Å². The van der Waals surface area contributed by atoms with Gasteiger partial charge in [-0.1, -0.05) is 29.6 Å². The zero-order valence-electron chi connectivity index (χ0n) is 11.6. The van der Waals surface area contributed by atoms with Crippen LogP contribution in [0.1, 0.15) is 42.2 Å². The third kappa shape index (κ3) is 2.83. The van der Waals surface area contributed by atoms with Crippen LogP contribution >= 0.6 is 11.5 Å². The highest BCUT2D eigenvalue weighted by molar-refractivity contribution is 7.05. The number of fused-ring (bicyclic) bond motifs is 1. The van der Waals surface area contributed by atoms with Gasteiger partial charge in [0.05, 0.1) is 17.7 Å². The summed E-state index contributed by atoms with van der Waals surface area (Å²) in [6, 6.07) is 8.72. The highest BCUT2D eigenvalue weighted by Gasteiger charge is 2.25. The van der Waals surface area contributed by atoms with E-state index >= 15 is 0 Å². The first-order valence-corrected chi connectivity index (χ1v) is 7.88. The van der Waals surface area contributed by atoms with E-state index in [0.29, 0.717) is 12.0 Å². The minimum atomic E-state index is 0.330. The first kappa shape index (κ1) is 13.5. The average Bonchev–Trinajstić information content (AvgIpc) is 3.01. The molecule has 106 valence electrons. The number of nitrogens with one attached hydrogen (secondary N) is 1. The van der Waals surface area contributed by atoms with Crippen molar-refractivity contribution in [3.63, 3.8) is 0 Å². The normalized spacial score (nSPS) is 19.1. The van der Waals surface area contributed by atoms with Crippen LogP contribution in [0.3, 0.4) is 0 Å². The summed E-state index contributed by atoms with van der Waals surface area (Å²) in [6.07, 6.45) is 4.02. The van der Waals surface area contributed by atoms with E-state index in [0.717, 1.165) is 31.7 Å². The third-order valence-electron chi connectivity index (χ3n) is 3.78. The largest absolute Gasteiger partial charge is 0.493 e. The molecule has 2 aromatic rings. The van der Waals surface area contributed by atoms with E-state index in [1.165, 1.54) is 22.0 Å². The van der Waals surface area contributed by atoms with Gasteiger partial charge in [-0.05, 0) is 48.5 Å². The number of hydrogen-bond acceptors (Lipinski definition) is 5. The Hall–Kier alpha value is -1.46. The maximum Gasteiger partial charge on any atom is 0.122 e.